The number of aromatic amines is 1. The van der Waals surface area contributed by atoms with E-state index in [-0.39, 0.29) is 0 Å². The zero-order valence-electron chi connectivity index (χ0n) is 15.7. The van der Waals surface area contributed by atoms with Crippen molar-refractivity contribution in [1.82, 2.24) is 10.2 Å². The Morgan fingerprint density at radius 1 is 0.852 bits per heavy atom. The Bertz CT molecular complexity index is 975. The summed E-state index contributed by atoms with van der Waals surface area (Å²) >= 11 is 0. The molecule has 27 heavy (non-hydrogen) atoms. The maximum atomic E-state index is 5.43. The molecule has 140 valence electrons. The number of ether oxygens (including phenoxy) is 4. The number of nitrogens with one attached hydrogen (secondary N) is 2. The van der Waals surface area contributed by atoms with Crippen molar-refractivity contribution >= 4 is 11.5 Å². The number of hydrogen-bond acceptors (Lipinski definition) is 6. The second-order valence-electron chi connectivity index (χ2n) is 6.19. The van der Waals surface area contributed by atoms with Gasteiger partial charge in [0.25, 0.3) is 0 Å². The summed E-state index contributed by atoms with van der Waals surface area (Å²) in [5.41, 5.74) is 5.17. The van der Waals surface area contributed by atoms with Gasteiger partial charge in [0.1, 0.15) is 11.5 Å². The van der Waals surface area contributed by atoms with Crippen LogP contribution in [0.1, 0.15) is 11.1 Å². The number of nitrogens with zero attached hydrogens (tertiary/aromatic N) is 1. The van der Waals surface area contributed by atoms with Crippen molar-refractivity contribution in [2.24, 2.45) is 0 Å². The summed E-state index contributed by atoms with van der Waals surface area (Å²) in [4.78, 5) is 0. The minimum atomic E-state index is 0.700. The van der Waals surface area contributed by atoms with Gasteiger partial charge in [-0.05, 0) is 17.7 Å². The molecule has 0 aliphatic heterocycles. The average Bonchev–Trinajstić information content (AvgIpc) is 3.25. The molecule has 0 saturated carbocycles. The van der Waals surface area contributed by atoms with Crippen molar-refractivity contribution < 1.29 is 18.9 Å². The summed E-state index contributed by atoms with van der Waals surface area (Å²) in [6.45, 7) is 0. The Hall–Kier alpha value is -3.35. The monoisotopic (exact) mass is 367 g/mol. The molecule has 0 amide bonds. The van der Waals surface area contributed by atoms with E-state index in [4.69, 9.17) is 18.9 Å². The van der Waals surface area contributed by atoms with E-state index in [1.807, 2.05) is 30.3 Å². The molecule has 0 spiro atoms. The Balaban J connectivity index is 1.69. The fourth-order valence-corrected chi connectivity index (χ4v) is 3.37. The molecule has 1 aliphatic carbocycles. The average molecular weight is 367 g/mol. The Morgan fingerprint density at radius 2 is 1.52 bits per heavy atom. The first kappa shape index (κ1) is 17.1. The fraction of sp³-hybridized carbons (Fsp3) is 0.250. The smallest absolute Gasteiger partial charge is 0.161 e. The predicted molar refractivity (Wildman–Crippen MR) is 103 cm³/mol. The Labute approximate surface area is 157 Å². The van der Waals surface area contributed by atoms with Crippen LogP contribution in [0.3, 0.4) is 0 Å². The molecule has 2 N–H and O–H groups in total. The first-order valence-corrected chi connectivity index (χ1v) is 8.49. The van der Waals surface area contributed by atoms with Crippen LogP contribution in [0.2, 0.25) is 0 Å². The lowest BCUT2D eigenvalue weighted by Gasteiger charge is -2.10. The molecule has 3 aromatic rings. The van der Waals surface area contributed by atoms with E-state index in [0.717, 1.165) is 40.5 Å². The summed E-state index contributed by atoms with van der Waals surface area (Å²) in [5.74, 6) is 3.62. The summed E-state index contributed by atoms with van der Waals surface area (Å²) in [6.07, 6.45) is 0.755. The van der Waals surface area contributed by atoms with E-state index in [9.17, 15) is 0 Å². The number of methoxy groups -OCH3 is 4. The van der Waals surface area contributed by atoms with Crippen molar-refractivity contribution in [3.05, 3.63) is 41.5 Å². The molecule has 0 saturated heterocycles. The van der Waals surface area contributed by atoms with Gasteiger partial charge in [0.05, 0.1) is 34.1 Å². The molecule has 1 heterocycles. The van der Waals surface area contributed by atoms with Gasteiger partial charge in [0.2, 0.25) is 0 Å². The largest absolute Gasteiger partial charge is 0.497 e. The standard InChI is InChI=1S/C20H21N3O4/c1-24-13-7-12(8-14(9-13)25-2)21-20-16-5-11-6-17(26-3)18(27-4)10-15(11)19(16)22-23-20/h6-10H,5H2,1-4H3,(H2,21,22,23). The molecule has 2 aromatic carbocycles. The molecule has 1 aromatic heterocycles. The molecule has 7 heteroatoms. The maximum absolute atomic E-state index is 5.43. The highest BCUT2D eigenvalue weighted by atomic mass is 16.5. The third-order valence-corrected chi connectivity index (χ3v) is 4.73. The number of benzene rings is 2. The number of fused-ring (bicyclic) bond motifs is 3. The van der Waals surface area contributed by atoms with E-state index in [2.05, 4.69) is 15.5 Å². The molecule has 0 radical (unpaired) electrons. The Kier molecular flexibility index (Phi) is 4.27. The Morgan fingerprint density at radius 3 is 2.15 bits per heavy atom. The van der Waals surface area contributed by atoms with Gasteiger partial charge in [0, 0.05) is 41.4 Å². The second-order valence-corrected chi connectivity index (χ2v) is 6.19. The number of H-pyrrole nitrogens is 1. The molecule has 4 rings (SSSR count). The van der Waals surface area contributed by atoms with Crippen LogP contribution in [0.4, 0.5) is 11.5 Å². The minimum absolute atomic E-state index is 0.700. The van der Waals surface area contributed by atoms with E-state index in [1.165, 1.54) is 5.56 Å². The van der Waals surface area contributed by atoms with Crippen molar-refractivity contribution in [2.45, 2.75) is 6.42 Å². The number of hydrogen-bond donors (Lipinski definition) is 2. The summed E-state index contributed by atoms with van der Waals surface area (Å²) < 4.78 is 21.5. The van der Waals surface area contributed by atoms with Crippen molar-refractivity contribution in [1.29, 1.82) is 0 Å². The maximum Gasteiger partial charge on any atom is 0.161 e. The van der Waals surface area contributed by atoms with Crippen LogP contribution in [0.15, 0.2) is 30.3 Å². The quantitative estimate of drug-likeness (QED) is 0.540. The molecule has 0 bridgehead atoms. The highest BCUT2D eigenvalue weighted by Crippen LogP contribution is 2.44. The van der Waals surface area contributed by atoms with E-state index >= 15 is 0 Å². The second kappa shape index (κ2) is 6.75. The lowest BCUT2D eigenvalue weighted by molar-refractivity contribution is 0.355. The van der Waals surface area contributed by atoms with Crippen LogP contribution in [-0.4, -0.2) is 38.6 Å². The molecule has 0 atom stereocenters. The number of anilines is 2. The first-order chi connectivity index (χ1) is 13.2. The van der Waals surface area contributed by atoms with Gasteiger partial charge in [-0.1, -0.05) is 0 Å². The van der Waals surface area contributed by atoms with Crippen molar-refractivity contribution in [3.63, 3.8) is 0 Å². The molecule has 0 fully saturated rings. The van der Waals surface area contributed by atoms with Crippen LogP contribution < -0.4 is 24.3 Å². The zero-order valence-corrected chi connectivity index (χ0v) is 15.7. The van der Waals surface area contributed by atoms with Crippen molar-refractivity contribution in [3.8, 4) is 34.3 Å². The topological polar surface area (TPSA) is 77.6 Å². The predicted octanol–water partition coefficient (Wildman–Crippen LogP) is 3.76. The van der Waals surface area contributed by atoms with Crippen LogP contribution in [0.5, 0.6) is 23.0 Å². The third kappa shape index (κ3) is 2.91. The minimum Gasteiger partial charge on any atom is -0.497 e. The van der Waals surface area contributed by atoms with Gasteiger partial charge in [0.15, 0.2) is 17.3 Å². The van der Waals surface area contributed by atoms with Gasteiger partial charge < -0.3 is 24.3 Å². The van der Waals surface area contributed by atoms with Gasteiger partial charge in [-0.2, -0.15) is 5.10 Å². The van der Waals surface area contributed by atoms with Crippen LogP contribution in [-0.2, 0) is 6.42 Å². The first-order valence-electron chi connectivity index (χ1n) is 8.49. The normalized spacial score (nSPS) is 11.6. The molecule has 1 aliphatic rings. The highest BCUT2D eigenvalue weighted by Gasteiger charge is 2.27. The SMILES string of the molecule is COc1cc(Nc2n[nH]c3c2Cc2cc(OC)c(OC)cc2-3)cc(OC)c1. The highest BCUT2D eigenvalue weighted by molar-refractivity contribution is 5.81. The van der Waals surface area contributed by atoms with Crippen molar-refractivity contribution in [2.75, 3.05) is 33.8 Å². The molecular weight excluding hydrogens is 346 g/mol. The van der Waals surface area contributed by atoms with Crippen LogP contribution >= 0.6 is 0 Å². The summed E-state index contributed by atoms with van der Waals surface area (Å²) in [5, 5.41) is 10.9. The van der Waals surface area contributed by atoms with Gasteiger partial charge >= 0.3 is 0 Å². The number of aromatic nitrogens is 2. The van der Waals surface area contributed by atoms with E-state index in [0.29, 0.717) is 17.2 Å². The molecule has 0 unspecified atom stereocenters. The van der Waals surface area contributed by atoms with E-state index in [1.54, 1.807) is 28.4 Å². The fourth-order valence-electron chi connectivity index (χ4n) is 3.37. The summed E-state index contributed by atoms with van der Waals surface area (Å²) in [7, 11) is 6.53. The molecule has 7 nitrogen and oxygen atoms in total. The van der Waals surface area contributed by atoms with E-state index < -0.39 is 0 Å². The number of rotatable bonds is 6. The van der Waals surface area contributed by atoms with Gasteiger partial charge in [-0.15, -0.1) is 0 Å². The lowest BCUT2D eigenvalue weighted by atomic mass is 10.1. The van der Waals surface area contributed by atoms with Gasteiger partial charge in [-0.3, -0.25) is 5.10 Å². The van der Waals surface area contributed by atoms with Crippen LogP contribution in [0.25, 0.3) is 11.3 Å². The van der Waals surface area contributed by atoms with Gasteiger partial charge in [-0.25, -0.2) is 0 Å². The zero-order chi connectivity index (χ0) is 19.0. The molecular formula is C20H21N3O4. The lowest BCUT2D eigenvalue weighted by Crippen LogP contribution is -1.97. The summed E-state index contributed by atoms with van der Waals surface area (Å²) in [6, 6.07) is 9.63. The van der Waals surface area contributed by atoms with Crippen LogP contribution in [0, 0.1) is 0 Å². The third-order valence-electron chi connectivity index (χ3n) is 4.73.